The van der Waals surface area contributed by atoms with Crippen molar-refractivity contribution in [2.24, 2.45) is 0 Å². The van der Waals surface area contributed by atoms with E-state index in [4.69, 9.17) is 27.0 Å². The average Bonchev–Trinajstić information content (AvgIpc) is 2.35. The molecule has 0 amide bonds. The van der Waals surface area contributed by atoms with Gasteiger partial charge in [-0.3, -0.25) is 0 Å². The maximum Gasteiger partial charge on any atom is 0.265 e. The van der Waals surface area contributed by atoms with Crippen molar-refractivity contribution in [2.45, 2.75) is 18.2 Å². The molecule has 20 heavy (non-hydrogen) atoms. The summed E-state index contributed by atoms with van der Waals surface area (Å²) in [6.45, 7) is 1.63. The van der Waals surface area contributed by atoms with Crippen LogP contribution in [0.15, 0.2) is 23.1 Å². The summed E-state index contributed by atoms with van der Waals surface area (Å²) in [4.78, 5) is -0.231. The summed E-state index contributed by atoms with van der Waals surface area (Å²) in [6, 6.07) is 4.03. The molecule has 0 N–H and O–H groups in total. The van der Waals surface area contributed by atoms with Crippen molar-refractivity contribution in [3.8, 4) is 5.75 Å². The van der Waals surface area contributed by atoms with E-state index >= 15 is 0 Å². The summed E-state index contributed by atoms with van der Waals surface area (Å²) in [6.07, 6.45) is 0.264. The van der Waals surface area contributed by atoms with Crippen LogP contribution in [-0.2, 0) is 18.9 Å². The molecule has 0 bridgehead atoms. The summed E-state index contributed by atoms with van der Waals surface area (Å²) in [5, 5.41) is 0.213. The highest BCUT2D eigenvalue weighted by Crippen LogP contribution is 2.29. The molecule has 0 saturated heterocycles. The molecule has 0 radical (unpaired) electrons. The second-order valence-electron chi connectivity index (χ2n) is 3.97. The molecule has 114 valence electrons. The third-order valence-corrected chi connectivity index (χ3v) is 5.83. The smallest absolute Gasteiger partial charge is 0.265 e. The maximum atomic E-state index is 11.4. The summed E-state index contributed by atoms with van der Waals surface area (Å²) in [7, 11) is -1.77. The van der Waals surface area contributed by atoms with Crippen LogP contribution >= 0.6 is 22.3 Å². The second kappa shape index (κ2) is 6.98. The average molecular weight is 361 g/mol. The molecule has 1 rings (SSSR count). The molecule has 0 atom stereocenters. The van der Waals surface area contributed by atoms with Crippen LogP contribution < -0.4 is 4.74 Å². The quantitative estimate of drug-likeness (QED) is 0.551. The lowest BCUT2D eigenvalue weighted by atomic mass is 10.3. The van der Waals surface area contributed by atoms with E-state index in [9.17, 15) is 16.8 Å². The van der Waals surface area contributed by atoms with Gasteiger partial charge in [-0.25, -0.2) is 16.8 Å². The number of benzene rings is 1. The van der Waals surface area contributed by atoms with Crippen LogP contribution in [0.2, 0.25) is 5.02 Å². The Morgan fingerprint density at radius 2 is 1.85 bits per heavy atom. The Morgan fingerprint density at radius 1 is 1.20 bits per heavy atom. The molecule has 1 aromatic carbocycles. The Kier molecular flexibility index (Phi) is 6.12. The minimum Gasteiger partial charge on any atom is -0.492 e. The van der Waals surface area contributed by atoms with Gasteiger partial charge in [-0.05, 0) is 24.6 Å². The molecule has 1 aromatic rings. The first-order chi connectivity index (χ1) is 9.15. The van der Waals surface area contributed by atoms with Gasteiger partial charge in [0.1, 0.15) is 20.5 Å². The predicted molar refractivity (Wildman–Crippen MR) is 78.9 cm³/mol. The first kappa shape index (κ1) is 17.6. The van der Waals surface area contributed by atoms with E-state index in [0.29, 0.717) is 0 Å². The van der Waals surface area contributed by atoms with Gasteiger partial charge in [0, 0.05) is 21.5 Å². The van der Waals surface area contributed by atoms with Gasteiger partial charge < -0.3 is 4.74 Å². The molecule has 0 aliphatic rings. The van der Waals surface area contributed by atoms with Crippen molar-refractivity contribution in [2.75, 3.05) is 18.1 Å². The van der Waals surface area contributed by atoms with Crippen LogP contribution in [0.4, 0.5) is 0 Å². The molecule has 0 aliphatic carbocycles. The van der Waals surface area contributed by atoms with E-state index in [1.807, 2.05) is 0 Å². The van der Waals surface area contributed by atoms with Gasteiger partial charge >= 0.3 is 0 Å². The van der Waals surface area contributed by atoms with E-state index in [2.05, 4.69) is 0 Å². The monoisotopic (exact) mass is 360 g/mol. The minimum absolute atomic E-state index is 0.0138. The molecule has 0 spiro atoms. The molecule has 0 aromatic heterocycles. The van der Waals surface area contributed by atoms with Gasteiger partial charge in [0.15, 0.2) is 0 Å². The van der Waals surface area contributed by atoms with E-state index in [0.717, 1.165) is 0 Å². The molecular formula is C11H14Cl2O5S2. The number of rotatable bonds is 7. The van der Waals surface area contributed by atoms with Crippen molar-refractivity contribution >= 4 is 41.2 Å². The first-order valence-corrected chi connectivity index (χ1v) is 10.2. The first-order valence-electron chi connectivity index (χ1n) is 5.73. The van der Waals surface area contributed by atoms with Crippen LogP contribution in [0.3, 0.4) is 0 Å². The van der Waals surface area contributed by atoms with Crippen molar-refractivity contribution in [3.05, 3.63) is 23.2 Å². The van der Waals surface area contributed by atoms with Gasteiger partial charge in [0.25, 0.3) is 9.05 Å². The molecular weight excluding hydrogens is 347 g/mol. The summed E-state index contributed by atoms with van der Waals surface area (Å²) >= 11 is 5.70. The van der Waals surface area contributed by atoms with Gasteiger partial charge in [0.05, 0.1) is 12.4 Å². The Balaban J connectivity index is 2.75. The van der Waals surface area contributed by atoms with Crippen LogP contribution in [0.1, 0.15) is 13.3 Å². The zero-order valence-corrected chi connectivity index (χ0v) is 13.8. The highest BCUT2D eigenvalue weighted by atomic mass is 35.7. The van der Waals surface area contributed by atoms with Gasteiger partial charge in [0.2, 0.25) is 0 Å². The lowest BCUT2D eigenvalue weighted by Crippen LogP contribution is -2.12. The molecule has 0 aliphatic heterocycles. The third-order valence-electron chi connectivity index (χ3n) is 2.47. The highest BCUT2D eigenvalue weighted by molar-refractivity contribution is 8.13. The van der Waals surface area contributed by atoms with E-state index in [-0.39, 0.29) is 40.2 Å². The number of sulfone groups is 1. The fraction of sp³-hybridized carbons (Fsp3) is 0.455. The van der Waals surface area contributed by atoms with E-state index < -0.39 is 18.9 Å². The van der Waals surface area contributed by atoms with Crippen LogP contribution in [-0.4, -0.2) is 34.9 Å². The number of ether oxygens (including phenoxy) is 1. The minimum atomic E-state index is -3.98. The highest BCUT2D eigenvalue weighted by Gasteiger charge is 2.17. The van der Waals surface area contributed by atoms with Gasteiger partial charge in [-0.1, -0.05) is 18.5 Å². The molecule has 5 nitrogen and oxygen atoms in total. The number of hydrogen-bond donors (Lipinski definition) is 0. The second-order valence-corrected chi connectivity index (χ2v) is 9.41. The largest absolute Gasteiger partial charge is 0.492 e. The van der Waals surface area contributed by atoms with Crippen LogP contribution in [0.25, 0.3) is 0 Å². The lowest BCUT2D eigenvalue weighted by Gasteiger charge is -2.10. The van der Waals surface area contributed by atoms with Crippen molar-refractivity contribution in [1.82, 2.24) is 0 Å². The Bertz CT molecular complexity index is 668. The van der Waals surface area contributed by atoms with Gasteiger partial charge in [-0.2, -0.15) is 0 Å². The van der Waals surface area contributed by atoms with Crippen molar-refractivity contribution in [1.29, 1.82) is 0 Å². The van der Waals surface area contributed by atoms with E-state index in [1.54, 1.807) is 6.92 Å². The maximum absolute atomic E-state index is 11.4. The standard InChI is InChI=1S/C11H14Cl2O5S2/c1-2-19(14,15)7-3-6-18-10-5-4-9(12)8-11(10)20(13,16)17/h4-5,8H,2-3,6-7H2,1H3. The third kappa shape index (κ3) is 5.47. The molecule has 0 heterocycles. The van der Waals surface area contributed by atoms with E-state index in [1.165, 1.54) is 18.2 Å². The van der Waals surface area contributed by atoms with Crippen molar-refractivity contribution in [3.63, 3.8) is 0 Å². The van der Waals surface area contributed by atoms with Gasteiger partial charge in [-0.15, -0.1) is 0 Å². The van der Waals surface area contributed by atoms with Crippen LogP contribution in [0.5, 0.6) is 5.75 Å². The fourth-order valence-electron chi connectivity index (χ4n) is 1.40. The lowest BCUT2D eigenvalue weighted by molar-refractivity contribution is 0.310. The Morgan fingerprint density at radius 3 is 2.40 bits per heavy atom. The normalized spacial score (nSPS) is 12.3. The Labute approximate surface area is 128 Å². The number of halogens is 2. The zero-order chi connectivity index (χ0) is 15.4. The summed E-state index contributed by atoms with van der Waals surface area (Å²) < 4.78 is 50.6. The fourth-order valence-corrected chi connectivity index (χ4v) is 3.48. The van der Waals surface area contributed by atoms with Crippen molar-refractivity contribution < 1.29 is 21.6 Å². The molecule has 0 unspecified atom stereocenters. The predicted octanol–water partition coefficient (Wildman–Crippen LogP) is 2.47. The zero-order valence-electron chi connectivity index (χ0n) is 10.7. The van der Waals surface area contributed by atoms with Crippen LogP contribution in [0, 0.1) is 0 Å². The molecule has 9 heteroatoms. The summed E-state index contributed by atoms with van der Waals surface area (Å²) in [5.41, 5.74) is 0. The topological polar surface area (TPSA) is 77.5 Å². The number of hydrogen-bond acceptors (Lipinski definition) is 5. The summed E-state index contributed by atoms with van der Waals surface area (Å²) in [5.74, 6) is 0.105. The molecule has 0 fully saturated rings. The SMILES string of the molecule is CCS(=O)(=O)CCCOc1ccc(Cl)cc1S(=O)(=O)Cl. The Hall–Kier alpha value is -0.500. The molecule has 0 saturated carbocycles.